The SMILES string of the molecule is COCc1cc(C(=O)Nc2ccc(Cl)cc2C)ccc1OC. The monoisotopic (exact) mass is 319 g/mol. The van der Waals surface area contributed by atoms with Gasteiger partial charge in [-0.15, -0.1) is 0 Å². The maximum absolute atomic E-state index is 12.4. The van der Waals surface area contributed by atoms with Gasteiger partial charge in [0.1, 0.15) is 5.75 Å². The third-order valence-corrected chi connectivity index (χ3v) is 3.51. The van der Waals surface area contributed by atoms with Gasteiger partial charge in [-0.1, -0.05) is 11.6 Å². The quantitative estimate of drug-likeness (QED) is 0.904. The summed E-state index contributed by atoms with van der Waals surface area (Å²) in [5, 5.41) is 3.52. The summed E-state index contributed by atoms with van der Waals surface area (Å²) in [5.74, 6) is 0.506. The zero-order valence-corrected chi connectivity index (χ0v) is 13.5. The predicted octanol–water partition coefficient (Wildman–Crippen LogP) is 4.06. The van der Waals surface area contributed by atoms with Gasteiger partial charge >= 0.3 is 0 Å². The zero-order chi connectivity index (χ0) is 16.1. The van der Waals surface area contributed by atoms with Gasteiger partial charge in [-0.05, 0) is 48.9 Å². The van der Waals surface area contributed by atoms with Crippen molar-refractivity contribution in [3.63, 3.8) is 0 Å². The van der Waals surface area contributed by atoms with Gasteiger partial charge in [0.25, 0.3) is 5.91 Å². The van der Waals surface area contributed by atoms with Crippen LogP contribution in [0.15, 0.2) is 36.4 Å². The van der Waals surface area contributed by atoms with Gasteiger partial charge in [-0.3, -0.25) is 4.79 Å². The van der Waals surface area contributed by atoms with Crippen molar-refractivity contribution in [3.05, 3.63) is 58.1 Å². The molecule has 0 aliphatic carbocycles. The summed E-state index contributed by atoms with van der Waals surface area (Å²) in [6.07, 6.45) is 0. The lowest BCUT2D eigenvalue weighted by Crippen LogP contribution is -2.13. The Morgan fingerprint density at radius 3 is 2.59 bits per heavy atom. The van der Waals surface area contributed by atoms with Crippen molar-refractivity contribution in [2.75, 3.05) is 19.5 Å². The van der Waals surface area contributed by atoms with Crippen LogP contribution in [0.4, 0.5) is 5.69 Å². The number of anilines is 1. The second-order valence-corrected chi connectivity index (χ2v) is 5.31. The smallest absolute Gasteiger partial charge is 0.255 e. The molecule has 5 heteroatoms. The van der Waals surface area contributed by atoms with Gasteiger partial charge < -0.3 is 14.8 Å². The molecule has 0 fully saturated rings. The summed E-state index contributed by atoms with van der Waals surface area (Å²) < 4.78 is 10.4. The van der Waals surface area contributed by atoms with Gasteiger partial charge in [0.05, 0.1) is 13.7 Å². The number of nitrogens with one attached hydrogen (secondary N) is 1. The van der Waals surface area contributed by atoms with Crippen LogP contribution in [0.3, 0.4) is 0 Å². The molecule has 0 radical (unpaired) electrons. The summed E-state index contributed by atoms with van der Waals surface area (Å²) in [6, 6.07) is 10.6. The summed E-state index contributed by atoms with van der Waals surface area (Å²) >= 11 is 5.92. The Morgan fingerprint density at radius 2 is 1.95 bits per heavy atom. The minimum absolute atomic E-state index is 0.189. The van der Waals surface area contributed by atoms with Crippen LogP contribution < -0.4 is 10.1 Å². The van der Waals surface area contributed by atoms with Gasteiger partial charge in [0, 0.05) is 28.9 Å². The van der Waals surface area contributed by atoms with E-state index in [0.717, 1.165) is 16.8 Å². The summed E-state index contributed by atoms with van der Waals surface area (Å²) in [5.41, 5.74) is 3.01. The van der Waals surface area contributed by atoms with Crippen molar-refractivity contribution in [3.8, 4) is 5.75 Å². The molecular weight excluding hydrogens is 302 g/mol. The van der Waals surface area contributed by atoms with E-state index < -0.39 is 0 Å². The minimum atomic E-state index is -0.189. The maximum Gasteiger partial charge on any atom is 0.255 e. The first-order valence-corrected chi connectivity index (χ1v) is 7.16. The van der Waals surface area contributed by atoms with Crippen LogP contribution in [0, 0.1) is 6.92 Å². The van der Waals surface area contributed by atoms with Crippen LogP contribution >= 0.6 is 11.6 Å². The van der Waals surface area contributed by atoms with Crippen molar-refractivity contribution in [1.82, 2.24) is 0 Å². The Kier molecular flexibility index (Phi) is 5.41. The Morgan fingerprint density at radius 1 is 1.18 bits per heavy atom. The molecule has 0 atom stereocenters. The average Bonchev–Trinajstić information content (AvgIpc) is 2.50. The second-order valence-electron chi connectivity index (χ2n) is 4.87. The fourth-order valence-electron chi connectivity index (χ4n) is 2.15. The van der Waals surface area contributed by atoms with E-state index in [9.17, 15) is 4.79 Å². The van der Waals surface area contributed by atoms with Crippen LogP contribution in [0.1, 0.15) is 21.5 Å². The molecule has 0 aliphatic heterocycles. The Labute approximate surface area is 135 Å². The Hall–Kier alpha value is -2.04. The molecule has 22 heavy (non-hydrogen) atoms. The van der Waals surface area contributed by atoms with Crippen LogP contribution in [0.2, 0.25) is 5.02 Å². The van der Waals surface area contributed by atoms with Crippen molar-refractivity contribution in [2.45, 2.75) is 13.5 Å². The van der Waals surface area contributed by atoms with Gasteiger partial charge in [-0.2, -0.15) is 0 Å². The predicted molar refractivity (Wildman–Crippen MR) is 87.8 cm³/mol. The molecule has 2 aromatic rings. The van der Waals surface area contributed by atoms with Crippen molar-refractivity contribution < 1.29 is 14.3 Å². The molecule has 2 aromatic carbocycles. The fourth-order valence-corrected chi connectivity index (χ4v) is 2.38. The van der Waals surface area contributed by atoms with E-state index in [1.807, 2.05) is 13.0 Å². The lowest BCUT2D eigenvalue weighted by Gasteiger charge is -2.12. The van der Waals surface area contributed by atoms with E-state index in [-0.39, 0.29) is 5.91 Å². The highest BCUT2D eigenvalue weighted by Gasteiger charge is 2.11. The molecule has 116 valence electrons. The molecule has 0 unspecified atom stereocenters. The number of amides is 1. The van der Waals surface area contributed by atoms with E-state index in [1.54, 1.807) is 44.6 Å². The molecule has 0 aliphatic rings. The topological polar surface area (TPSA) is 47.6 Å². The molecule has 1 N–H and O–H groups in total. The first-order chi connectivity index (χ1) is 10.5. The molecule has 0 spiro atoms. The second kappa shape index (κ2) is 7.29. The van der Waals surface area contributed by atoms with E-state index >= 15 is 0 Å². The highest BCUT2D eigenvalue weighted by molar-refractivity contribution is 6.30. The summed E-state index contributed by atoms with van der Waals surface area (Å²) in [4.78, 5) is 12.4. The van der Waals surface area contributed by atoms with E-state index in [1.165, 1.54) is 0 Å². The van der Waals surface area contributed by atoms with Gasteiger partial charge in [0.15, 0.2) is 0 Å². The number of hydrogen-bond acceptors (Lipinski definition) is 3. The van der Waals surface area contributed by atoms with Crippen molar-refractivity contribution >= 4 is 23.2 Å². The van der Waals surface area contributed by atoms with Gasteiger partial charge in [-0.25, -0.2) is 0 Å². The van der Waals surface area contributed by atoms with E-state index in [4.69, 9.17) is 21.1 Å². The maximum atomic E-state index is 12.4. The normalized spacial score (nSPS) is 10.4. The number of carbonyl (C=O) groups is 1. The van der Waals surface area contributed by atoms with E-state index in [0.29, 0.717) is 22.9 Å². The van der Waals surface area contributed by atoms with E-state index in [2.05, 4.69) is 5.32 Å². The number of aryl methyl sites for hydroxylation is 1. The fraction of sp³-hybridized carbons (Fsp3) is 0.235. The molecule has 1 amide bonds. The molecule has 0 aromatic heterocycles. The molecule has 0 saturated heterocycles. The average molecular weight is 320 g/mol. The summed E-state index contributed by atoms with van der Waals surface area (Å²) in [6.45, 7) is 2.27. The standard InChI is InChI=1S/C17H18ClNO3/c1-11-8-14(18)5-6-15(11)19-17(20)12-4-7-16(22-3)13(9-12)10-21-2/h4-9H,10H2,1-3H3,(H,19,20). The summed E-state index contributed by atoms with van der Waals surface area (Å²) in [7, 11) is 3.19. The molecule has 0 bridgehead atoms. The highest BCUT2D eigenvalue weighted by atomic mass is 35.5. The largest absolute Gasteiger partial charge is 0.496 e. The number of halogens is 1. The number of ether oxygens (including phenoxy) is 2. The van der Waals surface area contributed by atoms with Crippen molar-refractivity contribution in [1.29, 1.82) is 0 Å². The first kappa shape index (κ1) is 16.3. The lowest BCUT2D eigenvalue weighted by molar-refractivity contribution is 0.102. The third kappa shape index (κ3) is 3.78. The van der Waals surface area contributed by atoms with Crippen LogP contribution in [0.5, 0.6) is 5.75 Å². The molecule has 0 heterocycles. The first-order valence-electron chi connectivity index (χ1n) is 6.78. The van der Waals surface area contributed by atoms with Gasteiger partial charge in [0.2, 0.25) is 0 Å². The van der Waals surface area contributed by atoms with Crippen LogP contribution in [-0.2, 0) is 11.3 Å². The Bertz CT molecular complexity index is 686. The number of rotatable bonds is 5. The van der Waals surface area contributed by atoms with Crippen LogP contribution in [-0.4, -0.2) is 20.1 Å². The third-order valence-electron chi connectivity index (χ3n) is 3.28. The number of methoxy groups -OCH3 is 2. The molecular formula is C17H18ClNO3. The van der Waals surface area contributed by atoms with Crippen molar-refractivity contribution in [2.24, 2.45) is 0 Å². The lowest BCUT2D eigenvalue weighted by atomic mass is 10.1. The molecule has 0 saturated carbocycles. The molecule has 4 nitrogen and oxygen atoms in total. The number of hydrogen-bond donors (Lipinski definition) is 1. The van der Waals surface area contributed by atoms with Crippen LogP contribution in [0.25, 0.3) is 0 Å². The Balaban J connectivity index is 2.23. The minimum Gasteiger partial charge on any atom is -0.496 e. The zero-order valence-electron chi connectivity index (χ0n) is 12.8. The molecule has 2 rings (SSSR count). The number of carbonyl (C=O) groups excluding carboxylic acids is 1. The highest BCUT2D eigenvalue weighted by Crippen LogP contribution is 2.23. The number of benzene rings is 2.